The predicted molar refractivity (Wildman–Crippen MR) is 76.6 cm³/mol. The molecule has 0 saturated carbocycles. The molecule has 0 bridgehead atoms. The first-order valence-corrected chi connectivity index (χ1v) is 7.15. The standard InChI is InChI=1S/C11H8Br2N2OS/c1-6-4-10(14-5-7(6)12)15-11(16)8-2-3-9(13)17-8/h2-5H,1H3,(H,14,15,16). The number of carbonyl (C=O) groups excluding carboxylic acids is 1. The normalized spacial score (nSPS) is 10.3. The van der Waals surface area contributed by atoms with Gasteiger partial charge in [-0.2, -0.15) is 0 Å². The Kier molecular flexibility index (Phi) is 3.96. The fourth-order valence-electron chi connectivity index (χ4n) is 1.22. The highest BCUT2D eigenvalue weighted by molar-refractivity contribution is 9.11. The minimum atomic E-state index is -0.144. The van der Waals surface area contributed by atoms with E-state index in [1.54, 1.807) is 12.3 Å². The maximum absolute atomic E-state index is 11.9. The van der Waals surface area contributed by atoms with E-state index in [2.05, 4.69) is 42.2 Å². The van der Waals surface area contributed by atoms with Crippen LogP contribution >= 0.6 is 43.2 Å². The summed E-state index contributed by atoms with van der Waals surface area (Å²) in [6.45, 7) is 1.95. The van der Waals surface area contributed by atoms with Crippen molar-refractivity contribution < 1.29 is 4.79 Å². The van der Waals surface area contributed by atoms with E-state index in [4.69, 9.17) is 0 Å². The van der Waals surface area contributed by atoms with Crippen molar-refractivity contribution in [3.8, 4) is 0 Å². The number of rotatable bonds is 2. The largest absolute Gasteiger partial charge is 0.306 e. The summed E-state index contributed by atoms with van der Waals surface area (Å²) < 4.78 is 1.86. The second-order valence-electron chi connectivity index (χ2n) is 3.38. The third-order valence-corrected chi connectivity index (χ3v) is 4.54. The number of pyridine rings is 1. The number of hydrogen-bond acceptors (Lipinski definition) is 3. The molecule has 2 heterocycles. The zero-order valence-electron chi connectivity index (χ0n) is 8.83. The van der Waals surface area contributed by atoms with Crippen LogP contribution in [-0.4, -0.2) is 10.9 Å². The molecule has 0 spiro atoms. The van der Waals surface area contributed by atoms with Gasteiger partial charge in [0.15, 0.2) is 0 Å². The molecule has 0 aliphatic heterocycles. The second-order valence-corrected chi connectivity index (χ2v) is 6.69. The molecule has 0 aromatic carbocycles. The van der Waals surface area contributed by atoms with E-state index in [-0.39, 0.29) is 5.91 Å². The van der Waals surface area contributed by atoms with Gasteiger partial charge in [0.2, 0.25) is 0 Å². The molecule has 3 nitrogen and oxygen atoms in total. The summed E-state index contributed by atoms with van der Waals surface area (Å²) >= 11 is 8.08. The average molecular weight is 376 g/mol. The Hall–Kier alpha value is -0.720. The second kappa shape index (κ2) is 5.29. The topological polar surface area (TPSA) is 42.0 Å². The Bertz CT molecular complexity index is 568. The lowest BCUT2D eigenvalue weighted by atomic mass is 10.3. The summed E-state index contributed by atoms with van der Waals surface area (Å²) in [7, 11) is 0. The number of amides is 1. The molecule has 17 heavy (non-hydrogen) atoms. The average Bonchev–Trinajstić information content (AvgIpc) is 2.70. The molecule has 0 radical (unpaired) electrons. The van der Waals surface area contributed by atoms with Crippen molar-refractivity contribution in [2.45, 2.75) is 6.92 Å². The molecule has 88 valence electrons. The van der Waals surface area contributed by atoms with Crippen molar-refractivity contribution in [1.82, 2.24) is 4.98 Å². The molecular formula is C11H8Br2N2OS. The Labute approximate surface area is 120 Å². The zero-order valence-corrected chi connectivity index (χ0v) is 12.8. The van der Waals surface area contributed by atoms with Gasteiger partial charge in [-0.15, -0.1) is 11.3 Å². The van der Waals surface area contributed by atoms with Gasteiger partial charge in [0, 0.05) is 10.7 Å². The molecule has 1 N–H and O–H groups in total. The summed E-state index contributed by atoms with van der Waals surface area (Å²) in [5.74, 6) is 0.412. The van der Waals surface area contributed by atoms with Crippen molar-refractivity contribution >= 4 is 54.9 Å². The third kappa shape index (κ3) is 3.14. The van der Waals surface area contributed by atoms with Crippen molar-refractivity contribution in [2.24, 2.45) is 0 Å². The van der Waals surface area contributed by atoms with Crippen molar-refractivity contribution in [2.75, 3.05) is 5.32 Å². The highest BCUT2D eigenvalue weighted by atomic mass is 79.9. The SMILES string of the molecule is Cc1cc(NC(=O)c2ccc(Br)s2)ncc1Br. The van der Waals surface area contributed by atoms with Gasteiger partial charge in [-0.05, 0) is 62.5 Å². The zero-order chi connectivity index (χ0) is 12.4. The fourth-order valence-corrected chi connectivity index (χ4v) is 2.72. The van der Waals surface area contributed by atoms with Crippen molar-refractivity contribution in [1.29, 1.82) is 0 Å². The number of anilines is 1. The molecule has 0 aliphatic rings. The lowest BCUT2D eigenvalue weighted by molar-refractivity contribution is 0.103. The maximum atomic E-state index is 11.9. The van der Waals surface area contributed by atoms with E-state index in [0.29, 0.717) is 10.7 Å². The van der Waals surface area contributed by atoms with Gasteiger partial charge in [-0.3, -0.25) is 4.79 Å². The van der Waals surface area contributed by atoms with Gasteiger partial charge in [0.25, 0.3) is 5.91 Å². The summed E-state index contributed by atoms with van der Waals surface area (Å²) in [5, 5.41) is 2.76. The quantitative estimate of drug-likeness (QED) is 0.853. The minimum absolute atomic E-state index is 0.144. The lowest BCUT2D eigenvalue weighted by Crippen LogP contribution is -2.11. The first-order chi connectivity index (χ1) is 8.06. The predicted octanol–water partition coefficient (Wildman–Crippen LogP) is 4.23. The molecule has 6 heteroatoms. The van der Waals surface area contributed by atoms with Gasteiger partial charge >= 0.3 is 0 Å². The van der Waals surface area contributed by atoms with Crippen LogP contribution in [0.2, 0.25) is 0 Å². The Balaban J connectivity index is 2.15. The number of nitrogens with zero attached hydrogens (tertiary/aromatic N) is 1. The molecular weight excluding hydrogens is 368 g/mol. The number of hydrogen-bond donors (Lipinski definition) is 1. The van der Waals surface area contributed by atoms with E-state index in [1.165, 1.54) is 11.3 Å². The van der Waals surface area contributed by atoms with Crippen LogP contribution in [0, 0.1) is 6.92 Å². The molecule has 2 aromatic rings. The first kappa shape index (κ1) is 12.7. The summed E-state index contributed by atoms with van der Waals surface area (Å²) in [4.78, 5) is 16.6. The highest BCUT2D eigenvalue weighted by Gasteiger charge is 2.09. The van der Waals surface area contributed by atoms with Gasteiger partial charge in [0.05, 0.1) is 8.66 Å². The third-order valence-electron chi connectivity index (χ3n) is 2.09. The molecule has 1 amide bonds. The van der Waals surface area contributed by atoms with Gasteiger partial charge in [-0.25, -0.2) is 4.98 Å². The highest BCUT2D eigenvalue weighted by Crippen LogP contribution is 2.23. The number of aryl methyl sites for hydroxylation is 1. The van der Waals surface area contributed by atoms with Crippen LogP contribution in [0.5, 0.6) is 0 Å². The van der Waals surface area contributed by atoms with Crippen molar-refractivity contribution in [3.63, 3.8) is 0 Å². The van der Waals surface area contributed by atoms with Crippen LogP contribution < -0.4 is 5.32 Å². The van der Waals surface area contributed by atoms with Crippen LogP contribution in [0.4, 0.5) is 5.82 Å². The molecule has 0 atom stereocenters. The summed E-state index contributed by atoms with van der Waals surface area (Å²) in [6, 6.07) is 5.44. The van der Waals surface area contributed by atoms with E-state index < -0.39 is 0 Å². The number of halogens is 2. The maximum Gasteiger partial charge on any atom is 0.266 e. The van der Waals surface area contributed by atoms with E-state index in [1.807, 2.05) is 19.1 Å². The molecule has 2 aromatic heterocycles. The van der Waals surface area contributed by atoms with E-state index in [0.717, 1.165) is 13.8 Å². The molecule has 0 saturated heterocycles. The minimum Gasteiger partial charge on any atom is -0.306 e. The monoisotopic (exact) mass is 374 g/mol. The molecule has 0 unspecified atom stereocenters. The van der Waals surface area contributed by atoms with Crippen LogP contribution in [-0.2, 0) is 0 Å². The summed E-state index contributed by atoms with van der Waals surface area (Å²) in [5.41, 5.74) is 1.03. The first-order valence-electron chi connectivity index (χ1n) is 4.75. The Morgan fingerprint density at radius 3 is 2.76 bits per heavy atom. The van der Waals surface area contributed by atoms with Crippen LogP contribution in [0.25, 0.3) is 0 Å². The van der Waals surface area contributed by atoms with Crippen LogP contribution in [0.1, 0.15) is 15.2 Å². The molecule has 0 fully saturated rings. The van der Waals surface area contributed by atoms with E-state index >= 15 is 0 Å². The Morgan fingerprint density at radius 1 is 1.41 bits per heavy atom. The number of carbonyl (C=O) groups is 1. The van der Waals surface area contributed by atoms with Gasteiger partial charge < -0.3 is 5.32 Å². The smallest absolute Gasteiger partial charge is 0.266 e. The van der Waals surface area contributed by atoms with Gasteiger partial charge in [0.1, 0.15) is 5.82 Å². The summed E-state index contributed by atoms with van der Waals surface area (Å²) in [6.07, 6.45) is 1.68. The molecule has 2 rings (SSSR count). The van der Waals surface area contributed by atoms with E-state index in [9.17, 15) is 4.79 Å². The number of aromatic nitrogens is 1. The fraction of sp³-hybridized carbons (Fsp3) is 0.0909. The van der Waals surface area contributed by atoms with Crippen LogP contribution in [0.15, 0.2) is 32.7 Å². The van der Waals surface area contributed by atoms with Gasteiger partial charge in [-0.1, -0.05) is 0 Å². The van der Waals surface area contributed by atoms with Crippen LogP contribution in [0.3, 0.4) is 0 Å². The lowest BCUT2D eigenvalue weighted by Gasteiger charge is -2.04. The number of thiophene rings is 1. The number of nitrogens with one attached hydrogen (secondary N) is 1. The molecule has 0 aliphatic carbocycles. The Morgan fingerprint density at radius 2 is 2.18 bits per heavy atom. The van der Waals surface area contributed by atoms with Crippen molar-refractivity contribution in [3.05, 3.63) is 43.1 Å².